The molecule has 1 atom stereocenters. The molecular weight excluding hydrogens is 206 g/mol. The maximum absolute atomic E-state index is 9.59. The summed E-state index contributed by atoms with van der Waals surface area (Å²) in [5, 5.41) is 12.7. The van der Waals surface area contributed by atoms with E-state index in [2.05, 4.69) is 5.32 Å². The molecule has 4 nitrogen and oxygen atoms in total. The summed E-state index contributed by atoms with van der Waals surface area (Å²) in [6.45, 7) is 2.40. The molecule has 0 saturated heterocycles. The Labute approximate surface area is 95.6 Å². The van der Waals surface area contributed by atoms with Gasteiger partial charge in [0.25, 0.3) is 0 Å². The first kappa shape index (κ1) is 11.6. The first-order valence-corrected chi connectivity index (χ1v) is 5.83. The van der Waals surface area contributed by atoms with Gasteiger partial charge in [-0.25, -0.2) is 0 Å². The Morgan fingerprint density at radius 1 is 1.56 bits per heavy atom. The van der Waals surface area contributed by atoms with Crippen LogP contribution in [0.5, 0.6) is 0 Å². The fraction of sp³-hybridized carbons (Fsp3) is 0.667. The predicted octanol–water partition coefficient (Wildman–Crippen LogP) is 1.16. The van der Waals surface area contributed by atoms with E-state index < -0.39 is 6.10 Å². The molecule has 2 N–H and O–H groups in total. The lowest BCUT2D eigenvalue weighted by molar-refractivity contribution is 0.0322. The Kier molecular flexibility index (Phi) is 4.39. The lowest BCUT2D eigenvalue weighted by Crippen LogP contribution is -2.30. The second-order valence-electron chi connectivity index (χ2n) is 4.34. The van der Waals surface area contributed by atoms with E-state index in [0.29, 0.717) is 19.7 Å². The van der Waals surface area contributed by atoms with Crippen LogP contribution in [0, 0.1) is 5.92 Å². The molecule has 0 spiro atoms. The van der Waals surface area contributed by atoms with Gasteiger partial charge in [-0.2, -0.15) is 0 Å². The number of aliphatic hydroxyl groups is 1. The standard InChI is InChI=1S/C12H19NO3/c14-11(9-15-8-10-3-4-10)6-13-7-12-2-1-5-16-12/h1-2,5,10-11,13-14H,3-4,6-9H2. The smallest absolute Gasteiger partial charge is 0.117 e. The number of rotatable bonds is 8. The molecule has 0 amide bonds. The van der Waals surface area contributed by atoms with Crippen LogP contribution in [-0.4, -0.2) is 31.0 Å². The minimum atomic E-state index is -0.436. The van der Waals surface area contributed by atoms with E-state index in [1.54, 1.807) is 6.26 Å². The van der Waals surface area contributed by atoms with E-state index in [1.165, 1.54) is 12.8 Å². The zero-order valence-corrected chi connectivity index (χ0v) is 9.39. The second kappa shape index (κ2) is 6.03. The normalized spacial score (nSPS) is 17.6. The van der Waals surface area contributed by atoms with E-state index in [0.717, 1.165) is 18.3 Å². The highest BCUT2D eigenvalue weighted by molar-refractivity contribution is 4.97. The number of aliphatic hydroxyl groups excluding tert-OH is 1. The zero-order chi connectivity index (χ0) is 11.2. The van der Waals surface area contributed by atoms with Crippen molar-refractivity contribution in [2.45, 2.75) is 25.5 Å². The van der Waals surface area contributed by atoms with Crippen molar-refractivity contribution in [2.24, 2.45) is 5.92 Å². The molecule has 0 aromatic carbocycles. The van der Waals surface area contributed by atoms with Crippen LogP contribution >= 0.6 is 0 Å². The lowest BCUT2D eigenvalue weighted by atomic mass is 10.3. The largest absolute Gasteiger partial charge is 0.468 e. The van der Waals surface area contributed by atoms with Gasteiger partial charge in [0.2, 0.25) is 0 Å². The highest BCUT2D eigenvalue weighted by Crippen LogP contribution is 2.28. The molecule has 1 unspecified atom stereocenters. The summed E-state index contributed by atoms with van der Waals surface area (Å²) in [7, 11) is 0. The van der Waals surface area contributed by atoms with Gasteiger partial charge in [-0.05, 0) is 30.9 Å². The minimum Gasteiger partial charge on any atom is -0.468 e. The maximum Gasteiger partial charge on any atom is 0.117 e. The van der Waals surface area contributed by atoms with Gasteiger partial charge in [0.05, 0.1) is 25.5 Å². The van der Waals surface area contributed by atoms with Gasteiger partial charge in [-0.3, -0.25) is 0 Å². The van der Waals surface area contributed by atoms with E-state index >= 15 is 0 Å². The molecule has 0 bridgehead atoms. The van der Waals surface area contributed by atoms with Crippen molar-refractivity contribution in [3.8, 4) is 0 Å². The molecule has 0 radical (unpaired) electrons. The second-order valence-corrected chi connectivity index (χ2v) is 4.34. The monoisotopic (exact) mass is 225 g/mol. The molecule has 4 heteroatoms. The zero-order valence-electron chi connectivity index (χ0n) is 9.39. The molecule has 0 aliphatic heterocycles. The summed E-state index contributed by atoms with van der Waals surface area (Å²) in [5.74, 6) is 1.63. The van der Waals surface area contributed by atoms with Crippen molar-refractivity contribution >= 4 is 0 Å². The van der Waals surface area contributed by atoms with Gasteiger partial charge in [0.15, 0.2) is 0 Å². The van der Waals surface area contributed by atoms with E-state index in [1.807, 2.05) is 12.1 Å². The van der Waals surface area contributed by atoms with Crippen LogP contribution in [-0.2, 0) is 11.3 Å². The molecule has 2 rings (SSSR count). The molecule has 1 saturated carbocycles. The number of hydrogen-bond donors (Lipinski definition) is 2. The molecule has 90 valence electrons. The van der Waals surface area contributed by atoms with E-state index in [9.17, 15) is 5.11 Å². The van der Waals surface area contributed by atoms with Crippen LogP contribution in [0.15, 0.2) is 22.8 Å². The van der Waals surface area contributed by atoms with Gasteiger partial charge >= 0.3 is 0 Å². The van der Waals surface area contributed by atoms with E-state index in [4.69, 9.17) is 9.15 Å². The molecule has 1 aliphatic carbocycles. The Balaban J connectivity index is 1.48. The molecule has 1 aromatic heterocycles. The summed E-state index contributed by atoms with van der Waals surface area (Å²) in [6.07, 6.45) is 3.78. The van der Waals surface area contributed by atoms with Crippen molar-refractivity contribution < 1.29 is 14.3 Å². The van der Waals surface area contributed by atoms with Crippen LogP contribution in [0.1, 0.15) is 18.6 Å². The number of nitrogens with one attached hydrogen (secondary N) is 1. The van der Waals surface area contributed by atoms with Crippen molar-refractivity contribution in [1.82, 2.24) is 5.32 Å². The summed E-state index contributed by atoms with van der Waals surface area (Å²) < 4.78 is 10.6. The first-order chi connectivity index (χ1) is 7.84. The van der Waals surface area contributed by atoms with Crippen LogP contribution in [0.2, 0.25) is 0 Å². The Morgan fingerprint density at radius 3 is 3.12 bits per heavy atom. The van der Waals surface area contributed by atoms with Gasteiger partial charge < -0.3 is 19.6 Å². The van der Waals surface area contributed by atoms with Crippen LogP contribution in [0.25, 0.3) is 0 Å². The fourth-order valence-electron chi connectivity index (χ4n) is 1.49. The van der Waals surface area contributed by atoms with E-state index in [-0.39, 0.29) is 0 Å². The van der Waals surface area contributed by atoms with Crippen LogP contribution in [0.4, 0.5) is 0 Å². The molecular formula is C12H19NO3. The molecule has 1 aliphatic rings. The summed E-state index contributed by atoms with van der Waals surface area (Å²) in [4.78, 5) is 0. The average Bonchev–Trinajstić information content (AvgIpc) is 2.94. The van der Waals surface area contributed by atoms with Crippen molar-refractivity contribution in [3.63, 3.8) is 0 Å². The average molecular weight is 225 g/mol. The van der Waals surface area contributed by atoms with Gasteiger partial charge in [0.1, 0.15) is 5.76 Å². The number of ether oxygens (including phenoxy) is 1. The number of hydrogen-bond acceptors (Lipinski definition) is 4. The van der Waals surface area contributed by atoms with Gasteiger partial charge in [-0.1, -0.05) is 0 Å². The Hall–Kier alpha value is -0.840. The number of furan rings is 1. The molecule has 1 heterocycles. The van der Waals surface area contributed by atoms with Crippen molar-refractivity contribution in [2.75, 3.05) is 19.8 Å². The Morgan fingerprint density at radius 2 is 2.44 bits per heavy atom. The third kappa shape index (κ3) is 4.35. The van der Waals surface area contributed by atoms with Crippen LogP contribution in [0.3, 0.4) is 0 Å². The quantitative estimate of drug-likeness (QED) is 0.697. The SMILES string of the molecule is OC(CNCc1ccco1)COCC1CC1. The maximum atomic E-state index is 9.59. The van der Waals surface area contributed by atoms with Gasteiger partial charge in [-0.15, -0.1) is 0 Å². The molecule has 16 heavy (non-hydrogen) atoms. The summed E-state index contributed by atoms with van der Waals surface area (Å²) in [6, 6.07) is 3.76. The lowest BCUT2D eigenvalue weighted by Gasteiger charge is -2.11. The fourth-order valence-corrected chi connectivity index (χ4v) is 1.49. The highest BCUT2D eigenvalue weighted by atomic mass is 16.5. The molecule has 1 fully saturated rings. The predicted molar refractivity (Wildman–Crippen MR) is 60.0 cm³/mol. The molecule has 1 aromatic rings. The minimum absolute atomic E-state index is 0.418. The topological polar surface area (TPSA) is 54.6 Å². The summed E-state index contributed by atoms with van der Waals surface area (Å²) >= 11 is 0. The summed E-state index contributed by atoms with van der Waals surface area (Å²) in [5.41, 5.74) is 0. The highest BCUT2D eigenvalue weighted by Gasteiger charge is 2.21. The Bertz CT molecular complexity index is 282. The van der Waals surface area contributed by atoms with Gasteiger partial charge in [0, 0.05) is 13.2 Å². The van der Waals surface area contributed by atoms with Crippen molar-refractivity contribution in [3.05, 3.63) is 24.2 Å². The van der Waals surface area contributed by atoms with Crippen molar-refractivity contribution in [1.29, 1.82) is 0 Å². The van der Waals surface area contributed by atoms with Crippen LogP contribution < -0.4 is 5.32 Å². The first-order valence-electron chi connectivity index (χ1n) is 5.83. The third-order valence-electron chi connectivity index (χ3n) is 2.62. The third-order valence-corrected chi connectivity index (χ3v) is 2.62.